The molecule has 0 radical (unpaired) electrons. The molecule has 0 aliphatic carbocycles. The number of ether oxygens (including phenoxy) is 1. The summed E-state index contributed by atoms with van der Waals surface area (Å²) in [5, 5.41) is 13.3. The van der Waals surface area contributed by atoms with Gasteiger partial charge in [-0.25, -0.2) is 0 Å². The maximum absolute atomic E-state index is 11.6. The number of halogens is 1. The molecule has 124 valence electrons. The molecule has 0 atom stereocenters. The van der Waals surface area contributed by atoms with Crippen LogP contribution in [0, 0.1) is 11.3 Å². The third-order valence-corrected chi connectivity index (χ3v) is 4.15. The fourth-order valence-corrected chi connectivity index (χ4v) is 2.90. The third kappa shape index (κ3) is 3.25. The highest BCUT2D eigenvalue weighted by atomic mass is 79.9. The van der Waals surface area contributed by atoms with Gasteiger partial charge in [0.05, 0.1) is 18.4 Å². The summed E-state index contributed by atoms with van der Waals surface area (Å²) in [6.07, 6.45) is 1.47. The Hall–Kier alpha value is -3.11. The normalized spacial score (nSPS) is 10.3. The molecule has 2 aromatic carbocycles. The number of nitrogens with zero attached hydrogens (tertiary/aromatic N) is 2. The Labute approximate surface area is 152 Å². The molecular formula is C18H13BrN4O2. The number of nitriles is 1. The van der Waals surface area contributed by atoms with E-state index in [9.17, 15) is 10.1 Å². The minimum atomic E-state index is -0.587. The molecule has 1 heterocycles. The van der Waals surface area contributed by atoms with Gasteiger partial charge in [0, 0.05) is 27.3 Å². The van der Waals surface area contributed by atoms with Gasteiger partial charge in [0.1, 0.15) is 17.3 Å². The summed E-state index contributed by atoms with van der Waals surface area (Å²) in [6.45, 7) is 0. The molecule has 0 spiro atoms. The standard InChI is InChI=1S/C18H13BrN4O2/c1-25-15-6-10(18(21)24)5-14-16(11(8-20)9-22-17(14)15)23-13-4-2-3-12(19)7-13/h2-7,9H,1H3,(H2,21,24)(H,22,23). The SMILES string of the molecule is COc1cc(C(N)=O)cc2c(Nc3cccc(Br)c3)c(C#N)cnc12. The van der Waals surface area contributed by atoms with Gasteiger partial charge in [0.2, 0.25) is 5.91 Å². The van der Waals surface area contributed by atoms with Gasteiger partial charge in [0.25, 0.3) is 0 Å². The van der Waals surface area contributed by atoms with Crippen LogP contribution in [0.3, 0.4) is 0 Å². The number of fused-ring (bicyclic) bond motifs is 1. The summed E-state index contributed by atoms with van der Waals surface area (Å²) >= 11 is 3.42. The van der Waals surface area contributed by atoms with Crippen molar-refractivity contribution in [1.82, 2.24) is 4.98 Å². The zero-order valence-electron chi connectivity index (χ0n) is 13.2. The van der Waals surface area contributed by atoms with E-state index in [0.29, 0.717) is 27.9 Å². The highest BCUT2D eigenvalue weighted by Crippen LogP contribution is 2.34. The lowest BCUT2D eigenvalue weighted by atomic mass is 10.0. The van der Waals surface area contributed by atoms with Gasteiger partial charge in [0.15, 0.2) is 0 Å². The third-order valence-electron chi connectivity index (χ3n) is 3.66. The van der Waals surface area contributed by atoms with Crippen molar-refractivity contribution in [2.24, 2.45) is 5.73 Å². The molecule has 0 saturated heterocycles. The van der Waals surface area contributed by atoms with Crippen LogP contribution in [0.4, 0.5) is 11.4 Å². The number of hydrogen-bond acceptors (Lipinski definition) is 5. The zero-order chi connectivity index (χ0) is 18.0. The maximum Gasteiger partial charge on any atom is 0.248 e. The van der Waals surface area contributed by atoms with Crippen LogP contribution in [0.1, 0.15) is 15.9 Å². The quantitative estimate of drug-likeness (QED) is 0.699. The molecule has 3 N–H and O–H groups in total. The zero-order valence-corrected chi connectivity index (χ0v) is 14.8. The van der Waals surface area contributed by atoms with Crippen LogP contribution < -0.4 is 15.8 Å². The first-order chi connectivity index (χ1) is 12.0. The topological polar surface area (TPSA) is 101 Å². The molecule has 25 heavy (non-hydrogen) atoms. The van der Waals surface area contributed by atoms with Gasteiger partial charge >= 0.3 is 0 Å². The summed E-state index contributed by atoms with van der Waals surface area (Å²) in [5.41, 5.74) is 7.88. The molecule has 0 bridgehead atoms. The number of nitrogens with one attached hydrogen (secondary N) is 1. The molecule has 3 aromatic rings. The number of anilines is 2. The van der Waals surface area contributed by atoms with Gasteiger partial charge in [-0.05, 0) is 30.3 Å². The van der Waals surface area contributed by atoms with Crippen LogP contribution in [0.2, 0.25) is 0 Å². The predicted molar refractivity (Wildman–Crippen MR) is 99.0 cm³/mol. The van der Waals surface area contributed by atoms with E-state index in [4.69, 9.17) is 10.5 Å². The Balaban J connectivity index is 2.29. The number of nitrogens with two attached hydrogens (primary N) is 1. The second kappa shape index (κ2) is 6.79. The minimum Gasteiger partial charge on any atom is -0.494 e. The Morgan fingerprint density at radius 1 is 1.36 bits per heavy atom. The highest BCUT2D eigenvalue weighted by Gasteiger charge is 2.16. The van der Waals surface area contributed by atoms with E-state index >= 15 is 0 Å². The molecule has 1 amide bonds. The number of amides is 1. The molecule has 6 nitrogen and oxygen atoms in total. The number of methoxy groups -OCH3 is 1. The molecule has 0 aliphatic heterocycles. The van der Waals surface area contributed by atoms with Crippen LogP contribution in [0.15, 0.2) is 47.1 Å². The molecular weight excluding hydrogens is 384 g/mol. The van der Waals surface area contributed by atoms with Crippen LogP contribution in [-0.4, -0.2) is 18.0 Å². The Morgan fingerprint density at radius 2 is 2.16 bits per heavy atom. The minimum absolute atomic E-state index is 0.276. The summed E-state index contributed by atoms with van der Waals surface area (Å²) < 4.78 is 6.22. The lowest BCUT2D eigenvalue weighted by molar-refractivity contribution is 0.1000. The first-order valence-electron chi connectivity index (χ1n) is 7.26. The average Bonchev–Trinajstić information content (AvgIpc) is 2.61. The number of primary amides is 1. The van der Waals surface area contributed by atoms with Crippen LogP contribution in [0.5, 0.6) is 5.75 Å². The molecule has 0 fully saturated rings. The van der Waals surface area contributed by atoms with E-state index < -0.39 is 5.91 Å². The highest BCUT2D eigenvalue weighted by molar-refractivity contribution is 9.10. The maximum atomic E-state index is 11.6. The van der Waals surface area contributed by atoms with Crippen molar-refractivity contribution in [3.8, 4) is 11.8 Å². The molecule has 1 aromatic heterocycles. The number of benzene rings is 2. The number of aromatic nitrogens is 1. The smallest absolute Gasteiger partial charge is 0.248 e. The second-order valence-corrected chi connectivity index (χ2v) is 6.15. The fraction of sp³-hybridized carbons (Fsp3) is 0.0556. The van der Waals surface area contributed by atoms with Crippen molar-refractivity contribution in [3.63, 3.8) is 0 Å². The molecule has 0 saturated carbocycles. The Morgan fingerprint density at radius 3 is 2.80 bits per heavy atom. The van der Waals surface area contributed by atoms with Crippen molar-refractivity contribution >= 4 is 44.1 Å². The van der Waals surface area contributed by atoms with Crippen molar-refractivity contribution in [2.45, 2.75) is 0 Å². The van der Waals surface area contributed by atoms with Crippen molar-refractivity contribution in [1.29, 1.82) is 5.26 Å². The van der Waals surface area contributed by atoms with Crippen LogP contribution in [-0.2, 0) is 0 Å². The van der Waals surface area contributed by atoms with Gasteiger partial charge in [-0.15, -0.1) is 0 Å². The molecule has 3 rings (SSSR count). The summed E-state index contributed by atoms with van der Waals surface area (Å²) in [7, 11) is 1.49. The van der Waals surface area contributed by atoms with E-state index in [1.807, 2.05) is 24.3 Å². The van der Waals surface area contributed by atoms with Crippen LogP contribution >= 0.6 is 15.9 Å². The van der Waals surface area contributed by atoms with Crippen molar-refractivity contribution in [3.05, 3.63) is 58.2 Å². The number of rotatable bonds is 4. The number of carbonyl (C=O) groups excluding carboxylic acids is 1. The van der Waals surface area contributed by atoms with E-state index in [1.165, 1.54) is 19.4 Å². The molecule has 0 aliphatic rings. The van der Waals surface area contributed by atoms with Gasteiger partial charge < -0.3 is 15.8 Å². The van der Waals surface area contributed by atoms with Gasteiger partial charge in [-0.3, -0.25) is 9.78 Å². The first-order valence-corrected chi connectivity index (χ1v) is 8.06. The lowest BCUT2D eigenvalue weighted by Gasteiger charge is -2.14. The summed E-state index contributed by atoms with van der Waals surface area (Å²) in [5.74, 6) is -0.177. The molecule has 7 heteroatoms. The fourth-order valence-electron chi connectivity index (χ4n) is 2.50. The number of hydrogen-bond donors (Lipinski definition) is 2. The largest absolute Gasteiger partial charge is 0.494 e. The summed E-state index contributed by atoms with van der Waals surface area (Å²) in [6, 6.07) is 12.8. The number of pyridine rings is 1. The van der Waals surface area contributed by atoms with Crippen molar-refractivity contribution < 1.29 is 9.53 Å². The lowest BCUT2D eigenvalue weighted by Crippen LogP contribution is -2.11. The Kier molecular flexibility index (Phi) is 4.55. The second-order valence-electron chi connectivity index (χ2n) is 5.23. The van der Waals surface area contributed by atoms with Crippen molar-refractivity contribution in [2.75, 3.05) is 12.4 Å². The average molecular weight is 397 g/mol. The van der Waals surface area contributed by atoms with E-state index in [0.717, 1.165) is 10.2 Å². The monoisotopic (exact) mass is 396 g/mol. The Bertz CT molecular complexity index is 1030. The molecule has 0 unspecified atom stereocenters. The predicted octanol–water partition coefficient (Wildman–Crippen LogP) is 3.72. The van der Waals surface area contributed by atoms with Gasteiger partial charge in [-0.2, -0.15) is 5.26 Å². The van der Waals surface area contributed by atoms with E-state index in [-0.39, 0.29) is 5.56 Å². The van der Waals surface area contributed by atoms with Gasteiger partial charge in [-0.1, -0.05) is 22.0 Å². The van der Waals surface area contributed by atoms with E-state index in [1.54, 1.807) is 6.07 Å². The number of carbonyl (C=O) groups is 1. The van der Waals surface area contributed by atoms with E-state index in [2.05, 4.69) is 32.3 Å². The first kappa shape index (κ1) is 16.7. The summed E-state index contributed by atoms with van der Waals surface area (Å²) in [4.78, 5) is 15.9. The van der Waals surface area contributed by atoms with Crippen LogP contribution in [0.25, 0.3) is 10.9 Å².